The average Bonchev–Trinajstić information content (AvgIpc) is 2.99. The Morgan fingerprint density at radius 3 is 2.19 bits per heavy atom. The van der Waals surface area contributed by atoms with Crippen LogP contribution in [0.5, 0.6) is 17.2 Å². The van der Waals surface area contributed by atoms with E-state index < -0.39 is 11.8 Å². The van der Waals surface area contributed by atoms with Gasteiger partial charge in [0.25, 0.3) is 11.8 Å². The van der Waals surface area contributed by atoms with Gasteiger partial charge < -0.3 is 14.2 Å². The Morgan fingerprint density at radius 1 is 0.786 bits per heavy atom. The maximum atomic E-state index is 13.4. The van der Waals surface area contributed by atoms with Crippen molar-refractivity contribution in [3.63, 3.8) is 0 Å². The Bertz CT molecular complexity index is 1640. The Labute approximate surface area is 257 Å². The number of rotatable bonds is 10. The third-order valence-corrected chi connectivity index (χ3v) is 7.11. The van der Waals surface area contributed by atoms with Crippen LogP contribution in [0.1, 0.15) is 23.6 Å². The van der Waals surface area contributed by atoms with Crippen LogP contribution < -0.4 is 24.4 Å². The first-order valence-electron chi connectivity index (χ1n) is 13.2. The number of ether oxygens (including phenoxy) is 3. The van der Waals surface area contributed by atoms with Gasteiger partial charge in [0.1, 0.15) is 24.5 Å². The number of hydrogen-bond acceptors (Lipinski definition) is 6. The molecule has 1 heterocycles. The molecule has 1 saturated heterocycles. The maximum Gasteiger partial charge on any atom is 0.270 e. The fourth-order valence-electron chi connectivity index (χ4n) is 4.31. The molecule has 4 aromatic rings. The second-order valence-electron chi connectivity index (χ2n) is 9.25. The molecule has 2 amide bonds. The van der Waals surface area contributed by atoms with Gasteiger partial charge in [-0.05, 0) is 78.8 Å². The van der Waals surface area contributed by atoms with Gasteiger partial charge in [-0.15, -0.1) is 0 Å². The maximum absolute atomic E-state index is 13.4. The molecule has 0 unspecified atom stereocenters. The van der Waals surface area contributed by atoms with Crippen molar-refractivity contribution in [3.05, 3.63) is 124 Å². The van der Waals surface area contributed by atoms with Gasteiger partial charge in [-0.3, -0.25) is 19.8 Å². The van der Waals surface area contributed by atoms with E-state index in [0.717, 1.165) is 15.6 Å². The quantitative estimate of drug-likeness (QED) is 0.116. The molecule has 1 N–H and O–H groups in total. The highest BCUT2D eigenvalue weighted by molar-refractivity contribution is 9.10. The summed E-state index contributed by atoms with van der Waals surface area (Å²) in [7, 11) is 0. The van der Waals surface area contributed by atoms with E-state index in [2.05, 4.69) is 21.2 Å². The second-order valence-corrected chi connectivity index (χ2v) is 10.6. The Morgan fingerprint density at radius 2 is 1.45 bits per heavy atom. The number of nitrogens with one attached hydrogen (secondary N) is 1. The van der Waals surface area contributed by atoms with Gasteiger partial charge in [0, 0.05) is 10.0 Å². The number of hydrogen-bond donors (Lipinski definition) is 1. The Balaban J connectivity index is 1.36. The van der Waals surface area contributed by atoms with E-state index in [1.54, 1.807) is 36.4 Å². The zero-order valence-electron chi connectivity index (χ0n) is 22.7. The molecule has 212 valence electrons. The number of anilines is 1. The number of thiocarbonyl (C=S) groups is 1. The summed E-state index contributed by atoms with van der Waals surface area (Å²) in [6.07, 6.45) is 1.52. The summed E-state index contributed by atoms with van der Waals surface area (Å²) < 4.78 is 18.8. The van der Waals surface area contributed by atoms with Crippen LogP contribution in [-0.4, -0.2) is 23.5 Å². The van der Waals surface area contributed by atoms with E-state index in [0.29, 0.717) is 41.7 Å². The molecule has 0 atom stereocenters. The average molecular weight is 644 g/mol. The molecule has 4 aromatic carbocycles. The summed E-state index contributed by atoms with van der Waals surface area (Å²) in [6, 6.07) is 29.9. The molecule has 0 radical (unpaired) electrons. The van der Waals surface area contributed by atoms with E-state index in [4.69, 9.17) is 26.4 Å². The highest BCUT2D eigenvalue weighted by Crippen LogP contribution is 2.32. The number of carbonyl (C=O) groups excluding carboxylic acids is 2. The second kappa shape index (κ2) is 13.5. The molecule has 7 nitrogen and oxygen atoms in total. The van der Waals surface area contributed by atoms with Crippen molar-refractivity contribution < 1.29 is 23.8 Å². The van der Waals surface area contributed by atoms with Crippen LogP contribution in [0, 0.1) is 0 Å². The van der Waals surface area contributed by atoms with E-state index in [1.165, 1.54) is 11.0 Å². The summed E-state index contributed by atoms with van der Waals surface area (Å²) in [4.78, 5) is 27.6. The molecule has 0 bridgehead atoms. The van der Waals surface area contributed by atoms with Crippen LogP contribution in [0.2, 0.25) is 0 Å². The molecule has 0 saturated carbocycles. The molecule has 0 spiro atoms. The summed E-state index contributed by atoms with van der Waals surface area (Å²) in [5, 5.41) is 2.64. The molecule has 0 aromatic heterocycles. The van der Waals surface area contributed by atoms with E-state index in [1.807, 2.05) is 67.6 Å². The van der Waals surface area contributed by atoms with Gasteiger partial charge in [-0.1, -0.05) is 70.5 Å². The minimum Gasteiger partial charge on any atom is -0.490 e. The van der Waals surface area contributed by atoms with Crippen molar-refractivity contribution in [1.82, 2.24) is 5.32 Å². The lowest BCUT2D eigenvalue weighted by Gasteiger charge is -2.29. The first kappa shape index (κ1) is 29.0. The summed E-state index contributed by atoms with van der Waals surface area (Å²) in [5.74, 6) is 0.660. The van der Waals surface area contributed by atoms with E-state index in [9.17, 15) is 9.59 Å². The minimum absolute atomic E-state index is 0.0281. The van der Waals surface area contributed by atoms with Crippen LogP contribution in [0.25, 0.3) is 6.08 Å². The van der Waals surface area contributed by atoms with Crippen molar-refractivity contribution in [3.8, 4) is 17.2 Å². The van der Waals surface area contributed by atoms with Crippen molar-refractivity contribution in [2.24, 2.45) is 0 Å². The first-order valence-corrected chi connectivity index (χ1v) is 14.4. The van der Waals surface area contributed by atoms with Gasteiger partial charge in [0.05, 0.1) is 12.3 Å². The highest BCUT2D eigenvalue weighted by Gasteiger charge is 2.34. The number of carbonyl (C=O) groups is 2. The fraction of sp³-hybridized carbons (Fsp3) is 0.121. The molecule has 0 aliphatic carbocycles. The topological polar surface area (TPSA) is 77.1 Å². The third kappa shape index (κ3) is 6.87. The fourth-order valence-corrected chi connectivity index (χ4v) is 4.97. The first-order chi connectivity index (χ1) is 20.4. The van der Waals surface area contributed by atoms with Crippen LogP contribution >= 0.6 is 28.1 Å². The van der Waals surface area contributed by atoms with Gasteiger partial charge in [-0.25, -0.2) is 0 Å². The monoisotopic (exact) mass is 642 g/mol. The third-order valence-electron chi connectivity index (χ3n) is 6.33. The van der Waals surface area contributed by atoms with Gasteiger partial charge in [0.15, 0.2) is 16.6 Å². The lowest BCUT2D eigenvalue weighted by molar-refractivity contribution is -0.122. The number of amides is 2. The molecule has 1 aliphatic rings. The normalized spacial score (nSPS) is 14.1. The van der Waals surface area contributed by atoms with Crippen LogP contribution in [0.15, 0.2) is 107 Å². The number of para-hydroxylation sites is 1. The van der Waals surface area contributed by atoms with Crippen LogP contribution in [-0.2, 0) is 22.8 Å². The summed E-state index contributed by atoms with van der Waals surface area (Å²) in [5.41, 5.74) is 2.97. The van der Waals surface area contributed by atoms with Gasteiger partial charge in [-0.2, -0.15) is 0 Å². The molecule has 1 fully saturated rings. The largest absolute Gasteiger partial charge is 0.490 e. The van der Waals surface area contributed by atoms with Crippen molar-refractivity contribution in [2.45, 2.75) is 20.1 Å². The zero-order valence-corrected chi connectivity index (χ0v) is 25.1. The number of halogens is 1. The number of nitrogens with zero attached hydrogens (tertiary/aromatic N) is 1. The molecular weight excluding hydrogens is 616 g/mol. The summed E-state index contributed by atoms with van der Waals surface area (Å²) >= 11 is 8.78. The van der Waals surface area contributed by atoms with E-state index >= 15 is 0 Å². The lowest BCUT2D eigenvalue weighted by atomic mass is 10.1. The Kier molecular flexibility index (Phi) is 9.31. The van der Waals surface area contributed by atoms with Crippen LogP contribution in [0.4, 0.5) is 5.69 Å². The standard InChI is InChI=1S/C33H27BrN2O5S/c1-2-39-30-17-23(13-15-29(30)41-20-22-9-5-3-6-10-22)21-40-28-16-14-25(34)18-24(28)19-27-31(37)35-33(42)36(32(27)38)26-11-7-4-8-12-26/h3-19H,2,20-21H2,1H3,(H,35,37,42)/b27-19-. The molecule has 1 aliphatic heterocycles. The van der Waals surface area contributed by atoms with Crippen molar-refractivity contribution in [1.29, 1.82) is 0 Å². The molecule has 5 rings (SSSR count). The smallest absolute Gasteiger partial charge is 0.270 e. The predicted octanol–water partition coefficient (Wildman–Crippen LogP) is 6.84. The summed E-state index contributed by atoms with van der Waals surface area (Å²) in [6.45, 7) is 3.04. The van der Waals surface area contributed by atoms with Gasteiger partial charge >= 0.3 is 0 Å². The van der Waals surface area contributed by atoms with Gasteiger partial charge in [0.2, 0.25) is 0 Å². The SMILES string of the molecule is CCOc1cc(COc2ccc(Br)cc2/C=C2/C(=O)NC(=S)N(c3ccccc3)C2=O)ccc1OCc1ccccc1. The van der Waals surface area contributed by atoms with Crippen LogP contribution in [0.3, 0.4) is 0 Å². The molecular formula is C33H27BrN2O5S. The molecule has 9 heteroatoms. The minimum atomic E-state index is -0.574. The van der Waals surface area contributed by atoms with Crippen molar-refractivity contribution in [2.75, 3.05) is 11.5 Å². The lowest BCUT2D eigenvalue weighted by Crippen LogP contribution is -2.54. The Hall–Kier alpha value is -4.47. The zero-order chi connectivity index (χ0) is 29.5. The number of benzene rings is 4. The highest BCUT2D eigenvalue weighted by atomic mass is 79.9. The van der Waals surface area contributed by atoms with E-state index in [-0.39, 0.29) is 17.3 Å². The molecule has 42 heavy (non-hydrogen) atoms. The van der Waals surface area contributed by atoms with Crippen molar-refractivity contribution >= 4 is 56.8 Å². The predicted molar refractivity (Wildman–Crippen MR) is 170 cm³/mol.